The molecule has 90 valence electrons. The van der Waals surface area contributed by atoms with Crippen LogP contribution in [0, 0.1) is 6.92 Å². The number of nitrogens with zero attached hydrogens (tertiary/aromatic N) is 2. The summed E-state index contributed by atoms with van der Waals surface area (Å²) in [5, 5.41) is 4.59. The lowest BCUT2D eigenvalue weighted by molar-refractivity contribution is 0.100. The summed E-state index contributed by atoms with van der Waals surface area (Å²) in [7, 11) is 0. The van der Waals surface area contributed by atoms with E-state index in [9.17, 15) is 4.79 Å². The molecule has 0 radical (unpaired) electrons. The Labute approximate surface area is 106 Å². The van der Waals surface area contributed by atoms with Crippen molar-refractivity contribution < 1.29 is 4.79 Å². The third kappa shape index (κ3) is 2.53. The normalized spacial score (nSPS) is 10.4. The molecule has 2 heterocycles. The monoisotopic (exact) mass is 269 g/mol. The second-order valence-corrected chi connectivity index (χ2v) is 5.45. The predicted octanol–water partition coefficient (Wildman–Crippen LogP) is 1.20. The number of carbonyl (C=O) groups is 1. The van der Waals surface area contributed by atoms with Crippen LogP contribution in [0.5, 0.6) is 0 Å². The highest BCUT2D eigenvalue weighted by Crippen LogP contribution is 2.26. The number of hydrogen-bond donors (Lipinski definition) is 3. The average molecular weight is 269 g/mol. The Morgan fingerprint density at radius 2 is 2.35 bits per heavy atom. The first kappa shape index (κ1) is 11.8. The van der Waals surface area contributed by atoms with Crippen molar-refractivity contribution >= 4 is 39.6 Å². The van der Waals surface area contributed by atoms with Gasteiger partial charge >= 0.3 is 0 Å². The van der Waals surface area contributed by atoms with Crippen LogP contribution in [0.15, 0.2) is 6.20 Å². The standard InChI is InChI=1S/C9H11N5OS2/c1-4-2-12-5(16-4)3-13-9-6(8(11)15)7(10)14-17-9/h2,13H,3H2,1H3,(H2,10,14)(H2,11,15). The number of carbonyl (C=O) groups excluding carboxylic acids is 1. The van der Waals surface area contributed by atoms with Crippen LogP contribution >= 0.6 is 22.9 Å². The Morgan fingerprint density at radius 1 is 1.59 bits per heavy atom. The van der Waals surface area contributed by atoms with Crippen molar-refractivity contribution in [3.8, 4) is 0 Å². The quantitative estimate of drug-likeness (QED) is 0.773. The van der Waals surface area contributed by atoms with Crippen molar-refractivity contribution in [2.75, 3.05) is 11.1 Å². The van der Waals surface area contributed by atoms with Gasteiger partial charge in [-0.3, -0.25) is 4.79 Å². The minimum Gasteiger partial charge on any atom is -0.382 e. The van der Waals surface area contributed by atoms with E-state index < -0.39 is 5.91 Å². The SMILES string of the molecule is Cc1cnc(CNc2snc(N)c2C(N)=O)s1. The Hall–Kier alpha value is -1.67. The number of thiazole rings is 1. The smallest absolute Gasteiger partial charge is 0.255 e. The van der Waals surface area contributed by atoms with E-state index in [1.54, 1.807) is 17.5 Å². The van der Waals surface area contributed by atoms with E-state index in [4.69, 9.17) is 11.5 Å². The molecular formula is C9H11N5OS2. The van der Waals surface area contributed by atoms with Crippen LogP contribution in [-0.4, -0.2) is 15.3 Å². The third-order valence-electron chi connectivity index (χ3n) is 2.03. The fourth-order valence-corrected chi connectivity index (χ4v) is 2.74. The molecule has 0 spiro atoms. The summed E-state index contributed by atoms with van der Waals surface area (Å²) < 4.78 is 3.89. The topological polar surface area (TPSA) is 107 Å². The molecule has 0 aliphatic rings. The molecule has 0 unspecified atom stereocenters. The minimum absolute atomic E-state index is 0.167. The Balaban J connectivity index is 2.11. The number of primary amides is 1. The van der Waals surface area contributed by atoms with Crippen LogP contribution in [0.1, 0.15) is 20.2 Å². The summed E-state index contributed by atoms with van der Waals surface area (Å²) in [6.45, 7) is 2.51. The van der Waals surface area contributed by atoms with Crippen LogP contribution in [0.3, 0.4) is 0 Å². The number of hydrogen-bond acceptors (Lipinski definition) is 7. The lowest BCUT2D eigenvalue weighted by Gasteiger charge is -2.02. The van der Waals surface area contributed by atoms with Crippen molar-refractivity contribution in [2.45, 2.75) is 13.5 Å². The number of anilines is 2. The number of rotatable bonds is 4. The highest BCUT2D eigenvalue weighted by atomic mass is 32.1. The van der Waals surface area contributed by atoms with Crippen molar-refractivity contribution in [1.29, 1.82) is 0 Å². The van der Waals surface area contributed by atoms with Gasteiger partial charge in [0.15, 0.2) is 5.82 Å². The summed E-state index contributed by atoms with van der Waals surface area (Å²) in [5.41, 5.74) is 11.0. The van der Waals surface area contributed by atoms with Crippen LogP contribution < -0.4 is 16.8 Å². The number of nitrogen functional groups attached to an aromatic ring is 1. The molecule has 0 fully saturated rings. The van der Waals surface area contributed by atoms with E-state index in [2.05, 4.69) is 14.7 Å². The number of aryl methyl sites for hydroxylation is 1. The van der Waals surface area contributed by atoms with E-state index in [0.29, 0.717) is 11.5 Å². The largest absolute Gasteiger partial charge is 0.382 e. The van der Waals surface area contributed by atoms with Gasteiger partial charge in [0, 0.05) is 11.1 Å². The molecule has 8 heteroatoms. The van der Waals surface area contributed by atoms with Gasteiger partial charge in [0.25, 0.3) is 5.91 Å². The first-order valence-electron chi connectivity index (χ1n) is 4.78. The van der Waals surface area contributed by atoms with Gasteiger partial charge in [0.1, 0.15) is 15.6 Å². The van der Waals surface area contributed by atoms with E-state index in [0.717, 1.165) is 21.4 Å². The molecule has 1 amide bonds. The summed E-state index contributed by atoms with van der Waals surface area (Å²) in [4.78, 5) is 16.5. The van der Waals surface area contributed by atoms with E-state index in [1.165, 1.54) is 0 Å². The molecule has 0 saturated carbocycles. The number of amides is 1. The average Bonchev–Trinajstić information content (AvgIpc) is 2.82. The van der Waals surface area contributed by atoms with Crippen molar-refractivity contribution in [3.05, 3.63) is 21.6 Å². The molecule has 6 nitrogen and oxygen atoms in total. The van der Waals surface area contributed by atoms with E-state index in [-0.39, 0.29) is 11.4 Å². The van der Waals surface area contributed by atoms with Crippen LogP contribution in [-0.2, 0) is 6.54 Å². The summed E-state index contributed by atoms with van der Waals surface area (Å²) >= 11 is 2.71. The second-order valence-electron chi connectivity index (χ2n) is 3.35. The van der Waals surface area contributed by atoms with Crippen molar-refractivity contribution in [1.82, 2.24) is 9.36 Å². The van der Waals surface area contributed by atoms with Gasteiger partial charge in [-0.1, -0.05) is 0 Å². The fourth-order valence-electron chi connectivity index (χ4n) is 1.30. The molecule has 2 rings (SSSR count). The van der Waals surface area contributed by atoms with E-state index >= 15 is 0 Å². The van der Waals surface area contributed by atoms with Crippen molar-refractivity contribution in [2.24, 2.45) is 5.73 Å². The Morgan fingerprint density at radius 3 is 2.94 bits per heavy atom. The number of nitrogens with two attached hydrogens (primary N) is 2. The summed E-state index contributed by atoms with van der Waals surface area (Å²) in [6.07, 6.45) is 1.80. The molecule has 0 atom stereocenters. The zero-order chi connectivity index (χ0) is 12.4. The number of nitrogens with one attached hydrogen (secondary N) is 1. The molecule has 0 saturated heterocycles. The molecule has 2 aromatic rings. The van der Waals surface area contributed by atoms with Crippen LogP contribution in [0.4, 0.5) is 10.8 Å². The molecule has 17 heavy (non-hydrogen) atoms. The second kappa shape index (κ2) is 4.68. The van der Waals surface area contributed by atoms with Crippen molar-refractivity contribution in [3.63, 3.8) is 0 Å². The fraction of sp³-hybridized carbons (Fsp3) is 0.222. The lowest BCUT2D eigenvalue weighted by Crippen LogP contribution is -2.14. The highest BCUT2D eigenvalue weighted by Gasteiger charge is 2.16. The Bertz CT molecular complexity index is 547. The van der Waals surface area contributed by atoms with Gasteiger partial charge in [-0.25, -0.2) is 4.98 Å². The van der Waals surface area contributed by atoms with E-state index in [1.807, 2.05) is 6.92 Å². The van der Waals surface area contributed by atoms with Gasteiger partial charge < -0.3 is 16.8 Å². The minimum atomic E-state index is -0.575. The van der Waals surface area contributed by atoms with Gasteiger partial charge in [-0.2, -0.15) is 4.37 Å². The molecule has 5 N–H and O–H groups in total. The molecule has 0 aliphatic carbocycles. The lowest BCUT2D eigenvalue weighted by atomic mass is 10.3. The molecular weight excluding hydrogens is 258 g/mol. The van der Waals surface area contributed by atoms with Gasteiger partial charge in [0.2, 0.25) is 0 Å². The Kier molecular flexibility index (Phi) is 3.25. The van der Waals surface area contributed by atoms with Crippen LogP contribution in [0.2, 0.25) is 0 Å². The van der Waals surface area contributed by atoms with Gasteiger partial charge in [-0.05, 0) is 18.5 Å². The highest BCUT2D eigenvalue weighted by molar-refractivity contribution is 7.12. The summed E-state index contributed by atoms with van der Waals surface area (Å²) in [5.74, 6) is -0.408. The first-order valence-corrected chi connectivity index (χ1v) is 6.37. The van der Waals surface area contributed by atoms with Gasteiger partial charge in [-0.15, -0.1) is 11.3 Å². The molecule has 0 bridgehead atoms. The zero-order valence-corrected chi connectivity index (χ0v) is 10.7. The maximum Gasteiger partial charge on any atom is 0.255 e. The molecule has 0 aromatic carbocycles. The maximum absolute atomic E-state index is 11.2. The third-order valence-corrected chi connectivity index (χ3v) is 3.77. The van der Waals surface area contributed by atoms with Crippen LogP contribution in [0.25, 0.3) is 0 Å². The predicted molar refractivity (Wildman–Crippen MR) is 69.2 cm³/mol. The zero-order valence-electron chi connectivity index (χ0n) is 9.06. The number of aromatic nitrogens is 2. The summed E-state index contributed by atoms with van der Waals surface area (Å²) in [6, 6.07) is 0. The molecule has 2 aromatic heterocycles. The molecule has 0 aliphatic heterocycles. The first-order chi connectivity index (χ1) is 8.08. The maximum atomic E-state index is 11.2. The van der Waals surface area contributed by atoms with Gasteiger partial charge in [0.05, 0.1) is 6.54 Å².